The predicted octanol–water partition coefficient (Wildman–Crippen LogP) is 3.89. The summed E-state index contributed by atoms with van der Waals surface area (Å²) in [4.78, 5) is 34.5. The van der Waals surface area contributed by atoms with Crippen molar-refractivity contribution in [3.63, 3.8) is 0 Å². The minimum Gasteiger partial charge on any atom is -0.467 e. The largest absolute Gasteiger partial charge is 0.467 e. The van der Waals surface area contributed by atoms with E-state index in [0.717, 1.165) is 62.2 Å². The van der Waals surface area contributed by atoms with Crippen molar-refractivity contribution in [3.8, 4) is 0 Å². The van der Waals surface area contributed by atoms with Crippen LogP contribution in [0.15, 0.2) is 27.6 Å². The number of nitrogens with zero attached hydrogens (tertiary/aromatic N) is 3. The van der Waals surface area contributed by atoms with E-state index in [-0.39, 0.29) is 17.5 Å². The molecule has 0 unspecified atom stereocenters. The molecule has 3 aromatic heterocycles. The lowest BCUT2D eigenvalue weighted by Gasteiger charge is -2.21. The van der Waals surface area contributed by atoms with Crippen molar-refractivity contribution in [1.82, 2.24) is 14.5 Å². The highest BCUT2D eigenvalue weighted by Crippen LogP contribution is 2.34. The minimum absolute atomic E-state index is 0.0127. The molecule has 28 heavy (non-hydrogen) atoms. The van der Waals surface area contributed by atoms with E-state index in [1.54, 1.807) is 6.26 Å². The maximum atomic E-state index is 13.4. The summed E-state index contributed by atoms with van der Waals surface area (Å²) >= 11 is 1.37. The molecule has 0 radical (unpaired) electrons. The van der Waals surface area contributed by atoms with Gasteiger partial charge in [-0.25, -0.2) is 4.98 Å². The highest BCUT2D eigenvalue weighted by molar-refractivity contribution is 7.20. The van der Waals surface area contributed by atoms with Gasteiger partial charge in [0.25, 0.3) is 11.5 Å². The average Bonchev–Trinajstić information content (AvgIpc) is 3.36. The summed E-state index contributed by atoms with van der Waals surface area (Å²) in [5.41, 5.74) is 0.783. The van der Waals surface area contributed by atoms with Gasteiger partial charge >= 0.3 is 0 Å². The van der Waals surface area contributed by atoms with Crippen LogP contribution in [-0.2, 0) is 19.5 Å². The molecule has 1 aliphatic heterocycles. The van der Waals surface area contributed by atoms with Gasteiger partial charge in [-0.05, 0) is 50.3 Å². The molecule has 0 N–H and O–H groups in total. The second-order valence-electron chi connectivity index (χ2n) is 7.78. The molecule has 2 aliphatic rings. The number of carbonyl (C=O) groups excluding carboxylic acids is 1. The number of aromatic nitrogens is 2. The van der Waals surface area contributed by atoms with E-state index in [4.69, 9.17) is 9.40 Å². The molecule has 5 rings (SSSR count). The van der Waals surface area contributed by atoms with E-state index < -0.39 is 0 Å². The summed E-state index contributed by atoms with van der Waals surface area (Å²) in [6, 6.07) is 3.99. The predicted molar refractivity (Wildman–Crippen MR) is 108 cm³/mol. The first kappa shape index (κ1) is 17.7. The van der Waals surface area contributed by atoms with Gasteiger partial charge in [-0.3, -0.25) is 14.2 Å². The maximum absolute atomic E-state index is 13.4. The first-order valence-corrected chi connectivity index (χ1v) is 10.8. The van der Waals surface area contributed by atoms with E-state index in [2.05, 4.69) is 0 Å². The zero-order valence-corrected chi connectivity index (χ0v) is 16.8. The van der Waals surface area contributed by atoms with Crippen molar-refractivity contribution in [3.05, 3.63) is 50.8 Å². The van der Waals surface area contributed by atoms with Gasteiger partial charge in [-0.2, -0.15) is 0 Å². The molecule has 7 heteroatoms. The van der Waals surface area contributed by atoms with Gasteiger partial charge in [0.15, 0.2) is 0 Å². The maximum Gasteiger partial charge on any atom is 0.264 e. The third kappa shape index (κ3) is 2.98. The molecular formula is C21H23N3O3S. The lowest BCUT2D eigenvalue weighted by Crippen LogP contribution is -2.32. The Bertz CT molecular complexity index is 1090. The number of fused-ring (bicyclic) bond motifs is 2. The Morgan fingerprint density at radius 3 is 2.96 bits per heavy atom. The molecule has 1 aliphatic carbocycles. The van der Waals surface area contributed by atoms with Gasteiger partial charge in [0, 0.05) is 19.0 Å². The Labute approximate surface area is 166 Å². The molecule has 3 aromatic rings. The normalized spacial score (nSPS) is 16.8. The van der Waals surface area contributed by atoms with Crippen LogP contribution in [0, 0.1) is 6.92 Å². The number of hydrogen-bond acceptors (Lipinski definition) is 5. The summed E-state index contributed by atoms with van der Waals surface area (Å²) in [5, 5.41) is 0.618. The van der Waals surface area contributed by atoms with E-state index in [9.17, 15) is 9.59 Å². The third-order valence-electron chi connectivity index (χ3n) is 5.76. The Morgan fingerprint density at radius 2 is 2.21 bits per heavy atom. The zero-order valence-electron chi connectivity index (χ0n) is 15.9. The van der Waals surface area contributed by atoms with Crippen LogP contribution in [0.25, 0.3) is 10.2 Å². The standard InChI is InChI=1S/C21H23N3O3S/c1-13-17-19(22-16-7-3-2-4-10-23(16)20(17)25)28-18(13)21(26)24(14-8-9-14)12-15-6-5-11-27-15/h5-6,11,14H,2-4,7-10,12H2,1H3. The molecule has 1 amide bonds. The third-order valence-corrected chi connectivity index (χ3v) is 6.93. The van der Waals surface area contributed by atoms with Gasteiger partial charge in [0.05, 0.1) is 23.1 Å². The molecule has 6 nitrogen and oxygen atoms in total. The Kier molecular flexibility index (Phi) is 4.34. The Morgan fingerprint density at radius 1 is 1.36 bits per heavy atom. The van der Waals surface area contributed by atoms with Gasteiger partial charge in [-0.15, -0.1) is 11.3 Å². The SMILES string of the molecule is Cc1c(C(=O)N(Cc2ccco2)C2CC2)sc2nc3n(c(=O)c12)CCCCC3. The number of aryl methyl sites for hydroxylation is 2. The van der Waals surface area contributed by atoms with Crippen LogP contribution in [0.5, 0.6) is 0 Å². The first-order chi connectivity index (χ1) is 13.6. The average molecular weight is 398 g/mol. The molecular weight excluding hydrogens is 374 g/mol. The monoisotopic (exact) mass is 397 g/mol. The van der Waals surface area contributed by atoms with Crippen molar-refractivity contribution in [1.29, 1.82) is 0 Å². The summed E-state index contributed by atoms with van der Waals surface area (Å²) in [6.07, 6.45) is 7.70. The van der Waals surface area contributed by atoms with Crippen molar-refractivity contribution < 1.29 is 9.21 Å². The molecule has 0 bridgehead atoms. The molecule has 0 saturated heterocycles. The van der Waals surface area contributed by atoms with E-state index in [0.29, 0.717) is 21.6 Å². The second-order valence-corrected chi connectivity index (χ2v) is 8.77. The number of amides is 1. The molecule has 0 spiro atoms. The van der Waals surface area contributed by atoms with Gasteiger partial charge in [0.2, 0.25) is 0 Å². The number of thiophene rings is 1. The molecule has 4 heterocycles. The molecule has 146 valence electrons. The smallest absolute Gasteiger partial charge is 0.264 e. The molecule has 0 aromatic carbocycles. The number of furan rings is 1. The van der Waals surface area contributed by atoms with Gasteiger partial charge < -0.3 is 9.32 Å². The van der Waals surface area contributed by atoms with Crippen LogP contribution in [0.1, 0.15) is 58.9 Å². The van der Waals surface area contributed by atoms with Crippen LogP contribution in [0.2, 0.25) is 0 Å². The van der Waals surface area contributed by atoms with E-state index in [1.165, 1.54) is 11.3 Å². The van der Waals surface area contributed by atoms with Crippen molar-refractivity contribution in [2.45, 2.75) is 64.6 Å². The number of carbonyl (C=O) groups is 1. The van der Waals surface area contributed by atoms with Crippen molar-refractivity contribution >= 4 is 27.5 Å². The number of rotatable bonds is 4. The first-order valence-electron chi connectivity index (χ1n) is 9.99. The highest BCUT2D eigenvalue weighted by atomic mass is 32.1. The zero-order chi connectivity index (χ0) is 19.3. The Balaban J connectivity index is 1.57. The van der Waals surface area contributed by atoms with Gasteiger partial charge in [-0.1, -0.05) is 6.42 Å². The fourth-order valence-electron chi connectivity index (χ4n) is 4.07. The van der Waals surface area contributed by atoms with Gasteiger partial charge in [0.1, 0.15) is 16.4 Å². The lowest BCUT2D eigenvalue weighted by atomic mass is 10.2. The van der Waals surface area contributed by atoms with Crippen LogP contribution in [0.3, 0.4) is 0 Å². The van der Waals surface area contributed by atoms with Crippen LogP contribution in [0.4, 0.5) is 0 Å². The van der Waals surface area contributed by atoms with E-state index >= 15 is 0 Å². The topological polar surface area (TPSA) is 68.3 Å². The second kappa shape index (κ2) is 6.88. The molecule has 1 saturated carbocycles. The minimum atomic E-state index is -0.0148. The summed E-state index contributed by atoms with van der Waals surface area (Å²) < 4.78 is 7.28. The summed E-state index contributed by atoms with van der Waals surface area (Å²) in [6.45, 7) is 3.08. The highest BCUT2D eigenvalue weighted by Gasteiger charge is 2.35. The summed E-state index contributed by atoms with van der Waals surface area (Å²) in [5.74, 6) is 1.63. The quantitative estimate of drug-likeness (QED) is 0.670. The fourth-order valence-corrected chi connectivity index (χ4v) is 5.21. The van der Waals surface area contributed by atoms with Crippen LogP contribution >= 0.6 is 11.3 Å². The number of hydrogen-bond donors (Lipinski definition) is 0. The fraction of sp³-hybridized carbons (Fsp3) is 0.476. The van der Waals surface area contributed by atoms with Crippen molar-refractivity contribution in [2.24, 2.45) is 0 Å². The van der Waals surface area contributed by atoms with Crippen LogP contribution in [-0.4, -0.2) is 26.4 Å². The summed E-state index contributed by atoms with van der Waals surface area (Å²) in [7, 11) is 0. The van der Waals surface area contributed by atoms with Crippen LogP contribution < -0.4 is 5.56 Å². The Hall–Kier alpha value is -2.41. The molecule has 1 fully saturated rings. The van der Waals surface area contributed by atoms with E-state index in [1.807, 2.05) is 28.5 Å². The molecule has 0 atom stereocenters. The van der Waals surface area contributed by atoms with Crippen molar-refractivity contribution in [2.75, 3.05) is 0 Å². The lowest BCUT2D eigenvalue weighted by molar-refractivity contribution is 0.0722.